The zero-order valence-electron chi connectivity index (χ0n) is 13.0. The first-order valence-corrected chi connectivity index (χ1v) is 7.74. The highest BCUT2D eigenvalue weighted by Crippen LogP contribution is 2.26. The molecule has 20 heavy (non-hydrogen) atoms. The molecule has 1 aliphatic carbocycles. The van der Waals surface area contributed by atoms with E-state index in [-0.39, 0.29) is 17.4 Å². The average Bonchev–Trinajstić information content (AvgIpc) is 2.38. The fourth-order valence-electron chi connectivity index (χ4n) is 2.99. The Balaban J connectivity index is 1.97. The molecular formula is C18H27NO. The van der Waals surface area contributed by atoms with E-state index in [4.69, 9.17) is 5.73 Å². The lowest BCUT2D eigenvalue weighted by Crippen LogP contribution is -2.32. The van der Waals surface area contributed by atoms with Crippen LogP contribution in [0.5, 0.6) is 0 Å². The molecule has 1 aliphatic rings. The van der Waals surface area contributed by atoms with Gasteiger partial charge in [-0.05, 0) is 35.8 Å². The number of nitrogens with two attached hydrogens (primary N) is 1. The number of Topliss-reactive ketones (excluding diaryl/α,β-unsaturated/α-hetero) is 1. The van der Waals surface area contributed by atoms with Crippen LogP contribution in [0.3, 0.4) is 0 Å². The van der Waals surface area contributed by atoms with Crippen molar-refractivity contribution in [2.24, 2.45) is 11.7 Å². The SMILES string of the molecule is CC(C)(C)c1ccc(CC(=O)C2CCCC(N)C2)cc1. The molecule has 0 aromatic heterocycles. The van der Waals surface area contributed by atoms with Crippen LogP contribution in [0.4, 0.5) is 0 Å². The van der Waals surface area contributed by atoms with Crippen LogP contribution in [-0.4, -0.2) is 11.8 Å². The molecule has 2 atom stereocenters. The third kappa shape index (κ3) is 3.92. The van der Waals surface area contributed by atoms with E-state index in [1.54, 1.807) is 0 Å². The molecular weight excluding hydrogens is 246 g/mol. The smallest absolute Gasteiger partial charge is 0.140 e. The van der Waals surface area contributed by atoms with E-state index in [1.807, 2.05) is 0 Å². The van der Waals surface area contributed by atoms with Gasteiger partial charge in [-0.1, -0.05) is 51.5 Å². The van der Waals surface area contributed by atoms with Crippen molar-refractivity contribution in [1.29, 1.82) is 0 Å². The van der Waals surface area contributed by atoms with E-state index in [9.17, 15) is 4.79 Å². The summed E-state index contributed by atoms with van der Waals surface area (Å²) in [4.78, 5) is 12.3. The Morgan fingerprint density at radius 1 is 1.20 bits per heavy atom. The Morgan fingerprint density at radius 2 is 1.85 bits per heavy atom. The van der Waals surface area contributed by atoms with Crippen molar-refractivity contribution >= 4 is 5.78 Å². The minimum absolute atomic E-state index is 0.165. The van der Waals surface area contributed by atoms with Crippen molar-refractivity contribution in [3.8, 4) is 0 Å². The minimum atomic E-state index is 0.165. The molecule has 0 bridgehead atoms. The summed E-state index contributed by atoms with van der Waals surface area (Å²) >= 11 is 0. The molecule has 0 amide bonds. The molecule has 0 saturated heterocycles. The lowest BCUT2D eigenvalue weighted by molar-refractivity contribution is -0.123. The van der Waals surface area contributed by atoms with Crippen molar-refractivity contribution in [1.82, 2.24) is 0 Å². The first-order valence-electron chi connectivity index (χ1n) is 7.74. The topological polar surface area (TPSA) is 43.1 Å². The first kappa shape index (κ1) is 15.2. The Morgan fingerprint density at radius 3 is 2.40 bits per heavy atom. The number of hydrogen-bond donors (Lipinski definition) is 1. The molecule has 0 radical (unpaired) electrons. The number of carbonyl (C=O) groups is 1. The summed E-state index contributed by atoms with van der Waals surface area (Å²) in [7, 11) is 0. The maximum absolute atomic E-state index is 12.3. The molecule has 1 aromatic rings. The molecule has 0 aliphatic heterocycles. The lowest BCUT2D eigenvalue weighted by Gasteiger charge is -2.25. The summed E-state index contributed by atoms with van der Waals surface area (Å²) in [6.07, 6.45) is 4.62. The summed E-state index contributed by atoms with van der Waals surface area (Å²) in [5, 5.41) is 0. The number of carbonyl (C=O) groups excluding carboxylic acids is 1. The van der Waals surface area contributed by atoms with Gasteiger partial charge >= 0.3 is 0 Å². The van der Waals surface area contributed by atoms with Gasteiger partial charge < -0.3 is 5.73 Å². The number of ketones is 1. The van der Waals surface area contributed by atoms with Gasteiger partial charge in [0, 0.05) is 18.4 Å². The predicted molar refractivity (Wildman–Crippen MR) is 83.8 cm³/mol. The van der Waals surface area contributed by atoms with E-state index in [0.717, 1.165) is 31.2 Å². The Bertz CT molecular complexity index is 455. The molecule has 2 nitrogen and oxygen atoms in total. The maximum atomic E-state index is 12.3. The number of rotatable bonds is 3. The van der Waals surface area contributed by atoms with Crippen molar-refractivity contribution in [2.45, 2.75) is 64.3 Å². The second-order valence-corrected chi connectivity index (χ2v) is 7.21. The van der Waals surface area contributed by atoms with Crippen LogP contribution < -0.4 is 5.73 Å². The van der Waals surface area contributed by atoms with Crippen molar-refractivity contribution in [2.75, 3.05) is 0 Å². The van der Waals surface area contributed by atoms with Gasteiger partial charge in [0.1, 0.15) is 5.78 Å². The minimum Gasteiger partial charge on any atom is -0.328 e. The maximum Gasteiger partial charge on any atom is 0.140 e. The van der Waals surface area contributed by atoms with Gasteiger partial charge in [-0.2, -0.15) is 0 Å². The molecule has 2 heteroatoms. The molecule has 2 rings (SSSR count). The van der Waals surface area contributed by atoms with Crippen LogP contribution in [0.15, 0.2) is 24.3 Å². The molecule has 0 heterocycles. The van der Waals surface area contributed by atoms with Crippen molar-refractivity contribution < 1.29 is 4.79 Å². The standard InChI is InChI=1S/C18H27NO/c1-18(2,3)15-9-7-13(8-10-15)11-17(20)14-5-4-6-16(19)12-14/h7-10,14,16H,4-6,11-12,19H2,1-3H3. The monoisotopic (exact) mass is 273 g/mol. The van der Waals surface area contributed by atoms with Crippen LogP contribution in [0.2, 0.25) is 0 Å². The van der Waals surface area contributed by atoms with Gasteiger partial charge in [-0.15, -0.1) is 0 Å². The summed E-state index contributed by atoms with van der Waals surface area (Å²) in [5.41, 5.74) is 8.58. The van der Waals surface area contributed by atoms with E-state index < -0.39 is 0 Å². The molecule has 1 aromatic carbocycles. The van der Waals surface area contributed by atoms with Gasteiger partial charge in [0.15, 0.2) is 0 Å². The third-order valence-electron chi connectivity index (χ3n) is 4.37. The number of hydrogen-bond acceptors (Lipinski definition) is 2. The highest BCUT2D eigenvalue weighted by atomic mass is 16.1. The Kier molecular flexibility index (Phi) is 4.64. The second-order valence-electron chi connectivity index (χ2n) is 7.21. The molecule has 110 valence electrons. The molecule has 1 saturated carbocycles. The zero-order valence-corrected chi connectivity index (χ0v) is 13.0. The largest absolute Gasteiger partial charge is 0.328 e. The van der Waals surface area contributed by atoms with Gasteiger partial charge in [-0.25, -0.2) is 0 Å². The summed E-state index contributed by atoms with van der Waals surface area (Å²) in [6, 6.07) is 8.72. The fraction of sp³-hybridized carbons (Fsp3) is 0.611. The predicted octanol–water partition coefficient (Wildman–Crippen LogP) is 3.61. The van der Waals surface area contributed by atoms with E-state index in [1.165, 1.54) is 5.56 Å². The first-order chi connectivity index (χ1) is 9.36. The third-order valence-corrected chi connectivity index (χ3v) is 4.37. The van der Waals surface area contributed by atoms with E-state index >= 15 is 0 Å². The van der Waals surface area contributed by atoms with E-state index in [2.05, 4.69) is 45.0 Å². The van der Waals surface area contributed by atoms with Gasteiger partial charge in [0.2, 0.25) is 0 Å². The summed E-state index contributed by atoms with van der Waals surface area (Å²) in [5.74, 6) is 0.546. The van der Waals surface area contributed by atoms with Gasteiger partial charge in [0.25, 0.3) is 0 Å². The van der Waals surface area contributed by atoms with E-state index in [0.29, 0.717) is 12.2 Å². The van der Waals surface area contributed by atoms with Crippen LogP contribution in [0.1, 0.15) is 57.6 Å². The average molecular weight is 273 g/mol. The highest BCUT2D eigenvalue weighted by Gasteiger charge is 2.25. The fourth-order valence-corrected chi connectivity index (χ4v) is 2.99. The summed E-state index contributed by atoms with van der Waals surface area (Å²) in [6.45, 7) is 6.61. The highest BCUT2D eigenvalue weighted by molar-refractivity contribution is 5.83. The molecule has 2 unspecified atom stereocenters. The van der Waals surface area contributed by atoms with Crippen LogP contribution >= 0.6 is 0 Å². The molecule has 0 spiro atoms. The zero-order chi connectivity index (χ0) is 14.8. The van der Waals surface area contributed by atoms with Gasteiger partial charge in [0.05, 0.1) is 0 Å². The van der Waals surface area contributed by atoms with Crippen LogP contribution in [0.25, 0.3) is 0 Å². The molecule has 2 N–H and O–H groups in total. The Hall–Kier alpha value is -1.15. The summed E-state index contributed by atoms with van der Waals surface area (Å²) < 4.78 is 0. The molecule has 1 fully saturated rings. The van der Waals surface area contributed by atoms with Crippen LogP contribution in [-0.2, 0) is 16.6 Å². The van der Waals surface area contributed by atoms with Crippen LogP contribution in [0, 0.1) is 5.92 Å². The van der Waals surface area contributed by atoms with Crippen molar-refractivity contribution in [3.63, 3.8) is 0 Å². The number of benzene rings is 1. The normalized spacial score (nSPS) is 23.6. The quantitative estimate of drug-likeness (QED) is 0.914. The van der Waals surface area contributed by atoms with Gasteiger partial charge in [-0.3, -0.25) is 4.79 Å². The Labute approximate surface area is 122 Å². The lowest BCUT2D eigenvalue weighted by atomic mass is 9.81. The van der Waals surface area contributed by atoms with Crippen molar-refractivity contribution in [3.05, 3.63) is 35.4 Å². The second kappa shape index (κ2) is 6.09.